The minimum absolute atomic E-state index is 0.328. The van der Waals surface area contributed by atoms with Gasteiger partial charge in [-0.1, -0.05) is 0 Å². The average Bonchev–Trinajstić information content (AvgIpc) is 3.55. The number of benzene rings is 1. The number of methoxy groups -OCH3 is 1. The molecule has 0 bridgehead atoms. The summed E-state index contributed by atoms with van der Waals surface area (Å²) in [4.78, 5) is 12.9. The molecule has 0 atom stereocenters. The van der Waals surface area contributed by atoms with Crippen LogP contribution >= 0.6 is 11.3 Å². The molecule has 7 nitrogen and oxygen atoms in total. The van der Waals surface area contributed by atoms with Gasteiger partial charge in [0.2, 0.25) is 12.1 Å². The van der Waals surface area contributed by atoms with Crippen molar-refractivity contribution < 1.29 is 13.8 Å². The second-order valence-corrected chi connectivity index (χ2v) is 9.62. The fraction of sp³-hybridized carbons (Fsp3) is 0.375. The zero-order valence-electron chi connectivity index (χ0n) is 18.9. The minimum atomic E-state index is -0.328. The second-order valence-electron chi connectivity index (χ2n) is 8.36. The molecule has 2 N–H and O–H groups in total. The van der Waals surface area contributed by atoms with E-state index >= 15 is 0 Å². The van der Waals surface area contributed by atoms with E-state index in [9.17, 15) is 4.39 Å². The summed E-state index contributed by atoms with van der Waals surface area (Å²) in [5.74, 6) is 0.684. The molecule has 0 aliphatic carbocycles. The van der Waals surface area contributed by atoms with Crippen LogP contribution in [0.4, 0.5) is 16.0 Å². The molecule has 1 aromatic carbocycles. The molecule has 172 valence electrons. The van der Waals surface area contributed by atoms with Crippen LogP contribution in [0.2, 0.25) is 0 Å². The van der Waals surface area contributed by atoms with Crippen molar-refractivity contribution in [3.63, 3.8) is 0 Å². The summed E-state index contributed by atoms with van der Waals surface area (Å²) >= 11 is 1.62. The van der Waals surface area contributed by atoms with Gasteiger partial charge in [0.15, 0.2) is 6.54 Å². The van der Waals surface area contributed by atoms with E-state index in [1.165, 1.54) is 38.1 Å². The van der Waals surface area contributed by atoms with Gasteiger partial charge in [0.25, 0.3) is 0 Å². The number of likely N-dealkylation sites (tertiary alicyclic amines) is 1. The maximum atomic E-state index is 13.7. The lowest BCUT2D eigenvalue weighted by Gasteiger charge is -2.11. The number of thiophene rings is 1. The van der Waals surface area contributed by atoms with Crippen molar-refractivity contribution >= 4 is 33.2 Å². The third-order valence-electron chi connectivity index (χ3n) is 6.05. The van der Waals surface area contributed by atoms with Gasteiger partial charge in [0.1, 0.15) is 17.3 Å². The van der Waals surface area contributed by atoms with E-state index in [1.54, 1.807) is 24.5 Å². The maximum absolute atomic E-state index is 13.7. The molecule has 1 fully saturated rings. The van der Waals surface area contributed by atoms with Gasteiger partial charge in [-0.2, -0.15) is 5.10 Å². The molecule has 0 saturated carbocycles. The molecular formula is C24H28FN6OS+. The number of rotatable bonds is 8. The van der Waals surface area contributed by atoms with Crippen LogP contribution in [-0.4, -0.2) is 46.7 Å². The Balaban J connectivity index is 1.35. The van der Waals surface area contributed by atoms with Crippen LogP contribution in [0.1, 0.15) is 24.1 Å². The largest absolute Gasteiger partial charge is 0.496 e. The number of anilines is 2. The molecule has 1 aliphatic rings. The Labute approximate surface area is 196 Å². The van der Waals surface area contributed by atoms with Gasteiger partial charge in [-0.05, 0) is 45.0 Å². The number of fused-ring (bicyclic) bond motifs is 1. The van der Waals surface area contributed by atoms with Crippen molar-refractivity contribution in [2.45, 2.75) is 32.7 Å². The van der Waals surface area contributed by atoms with Crippen molar-refractivity contribution in [2.75, 3.05) is 32.1 Å². The Morgan fingerprint density at radius 2 is 2.15 bits per heavy atom. The van der Waals surface area contributed by atoms with Crippen LogP contribution < -0.4 is 14.7 Å². The Kier molecular flexibility index (Phi) is 6.24. The fourth-order valence-electron chi connectivity index (χ4n) is 4.45. The normalized spacial score (nSPS) is 14.3. The number of hydrogen-bond donors (Lipinski definition) is 2. The average molecular weight is 468 g/mol. The van der Waals surface area contributed by atoms with E-state index in [2.05, 4.69) is 25.0 Å². The van der Waals surface area contributed by atoms with Crippen LogP contribution in [-0.2, 0) is 6.54 Å². The molecule has 1 saturated heterocycles. The molecular weight excluding hydrogens is 439 g/mol. The smallest absolute Gasteiger partial charge is 0.228 e. The molecule has 9 heteroatoms. The zero-order chi connectivity index (χ0) is 22.8. The molecule has 0 radical (unpaired) electrons. The number of ether oxygens (including phenoxy) is 1. The first-order chi connectivity index (χ1) is 16.1. The first-order valence-electron chi connectivity index (χ1n) is 11.3. The van der Waals surface area contributed by atoms with Gasteiger partial charge in [-0.15, -0.1) is 16.0 Å². The van der Waals surface area contributed by atoms with E-state index in [4.69, 9.17) is 9.72 Å². The first-order valence-corrected chi connectivity index (χ1v) is 12.1. The predicted octanol–water partition coefficient (Wildman–Crippen LogP) is 4.66. The van der Waals surface area contributed by atoms with E-state index in [0.717, 1.165) is 51.4 Å². The SMILES string of the molecule is COc1cc(F)ccc1-c1c(C)sc2cnc(Nc3c[nH][n+](CCCN4CCCC4)c3)nc12. The lowest BCUT2D eigenvalue weighted by atomic mass is 10.0. The van der Waals surface area contributed by atoms with Crippen LogP contribution in [0.25, 0.3) is 21.3 Å². The Hall–Kier alpha value is -3.04. The molecule has 5 rings (SSSR count). The van der Waals surface area contributed by atoms with Crippen molar-refractivity contribution in [1.29, 1.82) is 0 Å². The monoisotopic (exact) mass is 467 g/mol. The third kappa shape index (κ3) is 4.69. The van der Waals surface area contributed by atoms with Crippen LogP contribution in [0.3, 0.4) is 0 Å². The number of aromatic nitrogens is 4. The standard InChI is InChI=1S/C24H27FN6OS/c1-16-22(19-7-6-17(25)12-20(19)32-2)23-21(33-16)14-26-24(29-23)28-18-13-27-31(15-18)11-5-10-30-8-3-4-9-30/h6-7,12-15H,3-5,8-11H2,1-2H3,(H,26,28,29)/p+1. The van der Waals surface area contributed by atoms with E-state index < -0.39 is 0 Å². The summed E-state index contributed by atoms with van der Waals surface area (Å²) in [6.07, 6.45) is 9.57. The highest BCUT2D eigenvalue weighted by atomic mass is 32.1. The van der Waals surface area contributed by atoms with Crippen LogP contribution in [0.15, 0.2) is 36.8 Å². The predicted molar refractivity (Wildman–Crippen MR) is 129 cm³/mol. The number of nitrogens with one attached hydrogen (secondary N) is 2. The fourth-order valence-corrected chi connectivity index (χ4v) is 5.44. The summed E-state index contributed by atoms with van der Waals surface area (Å²) in [7, 11) is 1.55. The summed E-state index contributed by atoms with van der Waals surface area (Å²) in [6, 6.07) is 4.60. The molecule has 3 aromatic heterocycles. The maximum Gasteiger partial charge on any atom is 0.228 e. The molecule has 0 unspecified atom stereocenters. The van der Waals surface area contributed by atoms with E-state index in [1.807, 2.05) is 25.5 Å². The van der Waals surface area contributed by atoms with Crippen molar-refractivity contribution in [2.24, 2.45) is 0 Å². The minimum Gasteiger partial charge on any atom is -0.496 e. The Morgan fingerprint density at radius 3 is 2.97 bits per heavy atom. The number of halogens is 1. The topological polar surface area (TPSA) is 70.0 Å². The van der Waals surface area contributed by atoms with Gasteiger partial charge >= 0.3 is 0 Å². The molecule has 0 spiro atoms. The molecule has 33 heavy (non-hydrogen) atoms. The van der Waals surface area contributed by atoms with E-state index in [-0.39, 0.29) is 5.82 Å². The molecule has 4 heterocycles. The van der Waals surface area contributed by atoms with Crippen LogP contribution in [0, 0.1) is 12.7 Å². The quantitative estimate of drug-likeness (QED) is 0.369. The van der Waals surface area contributed by atoms with Crippen molar-refractivity contribution in [3.05, 3.63) is 47.5 Å². The van der Waals surface area contributed by atoms with Crippen LogP contribution in [0.5, 0.6) is 5.75 Å². The highest BCUT2D eigenvalue weighted by molar-refractivity contribution is 7.19. The first kappa shape index (κ1) is 21.8. The van der Waals surface area contributed by atoms with Gasteiger partial charge in [-0.3, -0.25) is 0 Å². The lowest BCUT2D eigenvalue weighted by Crippen LogP contribution is -2.36. The summed E-state index contributed by atoms with van der Waals surface area (Å²) in [6.45, 7) is 6.58. The second kappa shape index (κ2) is 9.44. The van der Waals surface area contributed by atoms with Gasteiger partial charge in [0, 0.05) is 35.0 Å². The summed E-state index contributed by atoms with van der Waals surface area (Å²) in [5, 5.41) is 6.58. The lowest BCUT2D eigenvalue weighted by molar-refractivity contribution is -0.750. The summed E-state index contributed by atoms with van der Waals surface area (Å²) < 4.78 is 22.2. The number of aromatic amines is 1. The summed E-state index contributed by atoms with van der Waals surface area (Å²) in [5.41, 5.74) is 3.51. The highest BCUT2D eigenvalue weighted by Gasteiger charge is 2.18. The van der Waals surface area contributed by atoms with E-state index in [0.29, 0.717) is 11.7 Å². The Bertz CT molecular complexity index is 1260. The molecule has 4 aromatic rings. The number of nitrogens with zero attached hydrogens (tertiary/aromatic N) is 4. The highest BCUT2D eigenvalue weighted by Crippen LogP contribution is 2.41. The molecule has 0 amide bonds. The number of H-pyrrole nitrogens is 1. The van der Waals surface area contributed by atoms with Gasteiger partial charge in [-0.25, -0.2) is 14.4 Å². The Morgan fingerprint density at radius 1 is 1.30 bits per heavy atom. The van der Waals surface area contributed by atoms with Gasteiger partial charge in [0.05, 0.1) is 29.7 Å². The van der Waals surface area contributed by atoms with Gasteiger partial charge < -0.3 is 15.0 Å². The zero-order valence-corrected chi connectivity index (χ0v) is 19.7. The third-order valence-corrected chi connectivity index (χ3v) is 7.08. The number of aryl methyl sites for hydroxylation is 2. The molecule has 1 aliphatic heterocycles. The number of hydrogen-bond acceptors (Lipinski definition) is 6. The van der Waals surface area contributed by atoms with Crippen molar-refractivity contribution in [1.82, 2.24) is 20.0 Å². The van der Waals surface area contributed by atoms with Crippen molar-refractivity contribution in [3.8, 4) is 16.9 Å².